The quantitative estimate of drug-likeness (QED) is 0.675. The third-order valence-electron chi connectivity index (χ3n) is 2.33. The summed E-state index contributed by atoms with van der Waals surface area (Å²) in [5.41, 5.74) is 2.38. The SMILES string of the molecule is c1cnc2[nH]cc([C]3CC3)c2c1. The molecule has 1 N–H and O–H groups in total. The van der Waals surface area contributed by atoms with E-state index >= 15 is 0 Å². The van der Waals surface area contributed by atoms with Crippen LogP contribution in [0.1, 0.15) is 18.4 Å². The number of aromatic amines is 1. The van der Waals surface area contributed by atoms with E-state index in [4.69, 9.17) is 0 Å². The summed E-state index contributed by atoms with van der Waals surface area (Å²) in [4.78, 5) is 7.42. The summed E-state index contributed by atoms with van der Waals surface area (Å²) in [6.45, 7) is 0. The number of pyridine rings is 1. The average Bonchev–Trinajstić information content (AvgIpc) is 2.86. The van der Waals surface area contributed by atoms with Gasteiger partial charge in [0.15, 0.2) is 0 Å². The van der Waals surface area contributed by atoms with Crippen molar-refractivity contribution in [2.24, 2.45) is 0 Å². The van der Waals surface area contributed by atoms with Crippen molar-refractivity contribution in [1.82, 2.24) is 9.97 Å². The molecule has 1 radical (unpaired) electrons. The monoisotopic (exact) mass is 157 g/mol. The topological polar surface area (TPSA) is 28.7 Å². The Balaban J connectivity index is 2.30. The van der Waals surface area contributed by atoms with E-state index in [1.807, 2.05) is 12.3 Å². The lowest BCUT2D eigenvalue weighted by Crippen LogP contribution is -1.76. The highest BCUT2D eigenvalue weighted by atomic mass is 14.8. The van der Waals surface area contributed by atoms with Crippen LogP contribution in [0, 0.1) is 5.92 Å². The smallest absolute Gasteiger partial charge is 0.137 e. The van der Waals surface area contributed by atoms with E-state index in [2.05, 4.69) is 22.2 Å². The second kappa shape index (κ2) is 2.09. The van der Waals surface area contributed by atoms with Crippen molar-refractivity contribution in [2.45, 2.75) is 12.8 Å². The minimum atomic E-state index is 1.01. The Morgan fingerprint density at radius 3 is 3.08 bits per heavy atom. The van der Waals surface area contributed by atoms with Crippen LogP contribution in [0.4, 0.5) is 0 Å². The van der Waals surface area contributed by atoms with Crippen molar-refractivity contribution in [3.63, 3.8) is 0 Å². The molecular weight excluding hydrogens is 148 g/mol. The van der Waals surface area contributed by atoms with Crippen LogP contribution in [-0.2, 0) is 0 Å². The number of hydrogen-bond acceptors (Lipinski definition) is 1. The molecule has 1 aliphatic carbocycles. The minimum Gasteiger partial charge on any atom is -0.346 e. The normalized spacial score (nSPS) is 17.0. The molecule has 2 heterocycles. The van der Waals surface area contributed by atoms with Gasteiger partial charge < -0.3 is 4.98 Å². The predicted octanol–water partition coefficient (Wildman–Crippen LogP) is 2.28. The van der Waals surface area contributed by atoms with E-state index in [1.165, 1.54) is 23.8 Å². The first-order valence-corrected chi connectivity index (χ1v) is 4.22. The van der Waals surface area contributed by atoms with Crippen molar-refractivity contribution < 1.29 is 0 Å². The van der Waals surface area contributed by atoms with Crippen molar-refractivity contribution in [1.29, 1.82) is 0 Å². The van der Waals surface area contributed by atoms with Gasteiger partial charge in [0.05, 0.1) is 0 Å². The summed E-state index contributed by atoms with van der Waals surface area (Å²) in [7, 11) is 0. The van der Waals surface area contributed by atoms with Crippen LogP contribution < -0.4 is 0 Å². The second-order valence-electron chi connectivity index (χ2n) is 3.21. The van der Waals surface area contributed by atoms with Crippen LogP contribution in [0.5, 0.6) is 0 Å². The lowest BCUT2D eigenvalue weighted by atomic mass is 10.1. The molecule has 2 heteroatoms. The summed E-state index contributed by atoms with van der Waals surface area (Å²) in [6, 6.07) is 4.11. The fraction of sp³-hybridized carbons (Fsp3) is 0.200. The van der Waals surface area contributed by atoms with E-state index in [0.29, 0.717) is 0 Å². The Kier molecular flexibility index (Phi) is 1.09. The van der Waals surface area contributed by atoms with Gasteiger partial charge in [-0.3, -0.25) is 0 Å². The van der Waals surface area contributed by atoms with Gasteiger partial charge in [-0.1, -0.05) is 0 Å². The van der Waals surface area contributed by atoms with E-state index < -0.39 is 0 Å². The molecule has 0 atom stereocenters. The fourth-order valence-corrected chi connectivity index (χ4v) is 1.58. The Bertz CT molecular complexity index is 412. The predicted molar refractivity (Wildman–Crippen MR) is 47.7 cm³/mol. The number of nitrogens with zero attached hydrogens (tertiary/aromatic N) is 1. The number of fused-ring (bicyclic) bond motifs is 1. The van der Waals surface area contributed by atoms with Gasteiger partial charge in [0.25, 0.3) is 0 Å². The molecule has 0 saturated heterocycles. The van der Waals surface area contributed by atoms with Crippen LogP contribution >= 0.6 is 0 Å². The van der Waals surface area contributed by atoms with Gasteiger partial charge in [-0.2, -0.15) is 0 Å². The fourth-order valence-electron chi connectivity index (χ4n) is 1.58. The molecule has 59 valence electrons. The minimum absolute atomic E-state index is 1.01. The third-order valence-corrected chi connectivity index (χ3v) is 2.33. The Hall–Kier alpha value is -1.31. The number of hydrogen-bond donors (Lipinski definition) is 1. The molecule has 2 aromatic rings. The molecule has 0 bridgehead atoms. The summed E-state index contributed by atoms with van der Waals surface area (Å²) in [6.07, 6.45) is 6.42. The molecule has 0 amide bonds. The lowest BCUT2D eigenvalue weighted by Gasteiger charge is -1.91. The molecule has 1 fully saturated rings. The molecule has 1 aliphatic rings. The molecule has 0 spiro atoms. The van der Waals surface area contributed by atoms with Gasteiger partial charge in [-0.25, -0.2) is 4.98 Å². The summed E-state index contributed by atoms with van der Waals surface area (Å²) < 4.78 is 0. The largest absolute Gasteiger partial charge is 0.346 e. The Labute approximate surface area is 70.6 Å². The zero-order chi connectivity index (χ0) is 7.97. The van der Waals surface area contributed by atoms with Gasteiger partial charge in [0.1, 0.15) is 5.65 Å². The lowest BCUT2D eigenvalue weighted by molar-refractivity contribution is 1.32. The van der Waals surface area contributed by atoms with E-state index in [-0.39, 0.29) is 0 Å². The van der Waals surface area contributed by atoms with Gasteiger partial charge in [0, 0.05) is 23.7 Å². The summed E-state index contributed by atoms with van der Waals surface area (Å²) >= 11 is 0. The van der Waals surface area contributed by atoms with Gasteiger partial charge in [-0.15, -0.1) is 0 Å². The van der Waals surface area contributed by atoms with Crippen LogP contribution in [0.3, 0.4) is 0 Å². The molecule has 12 heavy (non-hydrogen) atoms. The highest BCUT2D eigenvalue weighted by Gasteiger charge is 2.26. The van der Waals surface area contributed by atoms with Crippen LogP contribution in [0.25, 0.3) is 11.0 Å². The molecule has 0 aliphatic heterocycles. The van der Waals surface area contributed by atoms with E-state index in [9.17, 15) is 0 Å². The highest BCUT2D eigenvalue weighted by molar-refractivity contribution is 5.82. The van der Waals surface area contributed by atoms with Gasteiger partial charge in [0.2, 0.25) is 0 Å². The first kappa shape index (κ1) is 6.23. The number of rotatable bonds is 1. The highest BCUT2D eigenvalue weighted by Crippen LogP contribution is 2.41. The van der Waals surface area contributed by atoms with Crippen molar-refractivity contribution in [3.8, 4) is 0 Å². The van der Waals surface area contributed by atoms with Gasteiger partial charge >= 0.3 is 0 Å². The molecule has 1 saturated carbocycles. The standard InChI is InChI=1S/C10H9N2/c1-2-8-9(7-3-4-7)6-12-10(8)11-5-1/h1-2,5-6H,3-4H2,(H,11,12). The van der Waals surface area contributed by atoms with E-state index in [0.717, 1.165) is 5.65 Å². The molecule has 0 aromatic carbocycles. The summed E-state index contributed by atoms with van der Waals surface area (Å²) in [5.74, 6) is 1.56. The first-order chi connectivity index (χ1) is 5.95. The number of aromatic nitrogens is 2. The maximum absolute atomic E-state index is 4.24. The molecule has 3 rings (SSSR count). The van der Waals surface area contributed by atoms with Crippen molar-refractivity contribution in [2.75, 3.05) is 0 Å². The maximum atomic E-state index is 4.24. The van der Waals surface area contributed by atoms with Crippen LogP contribution in [0.15, 0.2) is 24.5 Å². The Morgan fingerprint density at radius 1 is 1.33 bits per heavy atom. The average molecular weight is 157 g/mol. The molecule has 0 unspecified atom stereocenters. The Morgan fingerprint density at radius 2 is 2.25 bits per heavy atom. The summed E-state index contributed by atoms with van der Waals surface area (Å²) in [5, 5.41) is 1.27. The zero-order valence-electron chi connectivity index (χ0n) is 6.67. The second-order valence-corrected chi connectivity index (χ2v) is 3.21. The molecule has 2 aromatic heterocycles. The number of H-pyrrole nitrogens is 1. The van der Waals surface area contributed by atoms with Gasteiger partial charge in [-0.05, 0) is 30.5 Å². The molecule has 2 nitrogen and oxygen atoms in total. The number of nitrogens with one attached hydrogen (secondary N) is 1. The molecular formula is C10H9N2. The first-order valence-electron chi connectivity index (χ1n) is 4.22. The zero-order valence-corrected chi connectivity index (χ0v) is 6.67. The van der Waals surface area contributed by atoms with Crippen molar-refractivity contribution >= 4 is 11.0 Å². The van der Waals surface area contributed by atoms with Crippen molar-refractivity contribution in [3.05, 3.63) is 36.0 Å². The maximum Gasteiger partial charge on any atom is 0.137 e. The third kappa shape index (κ3) is 0.779. The van der Waals surface area contributed by atoms with Crippen LogP contribution in [-0.4, -0.2) is 9.97 Å². The van der Waals surface area contributed by atoms with E-state index in [1.54, 1.807) is 5.92 Å². The van der Waals surface area contributed by atoms with Crippen LogP contribution in [0.2, 0.25) is 0 Å².